The zero-order chi connectivity index (χ0) is 15.8. The van der Waals surface area contributed by atoms with E-state index in [0.717, 1.165) is 5.56 Å². The molecule has 0 bridgehead atoms. The molecule has 0 aliphatic rings. The van der Waals surface area contributed by atoms with Gasteiger partial charge in [0.15, 0.2) is 0 Å². The first-order valence-electron chi connectivity index (χ1n) is 6.44. The van der Waals surface area contributed by atoms with Gasteiger partial charge in [-0.05, 0) is 12.0 Å². The van der Waals surface area contributed by atoms with Crippen molar-refractivity contribution in [2.24, 2.45) is 5.73 Å². The van der Waals surface area contributed by atoms with Crippen LogP contribution in [0.2, 0.25) is 0 Å². The summed E-state index contributed by atoms with van der Waals surface area (Å²) in [5.41, 5.74) is 6.07. The number of carboxylic acids is 2. The topological polar surface area (TPSA) is 130 Å². The highest BCUT2D eigenvalue weighted by Crippen LogP contribution is 2.04. The Morgan fingerprint density at radius 1 is 1.10 bits per heavy atom. The highest BCUT2D eigenvalue weighted by Gasteiger charge is 2.21. The molecule has 21 heavy (non-hydrogen) atoms. The van der Waals surface area contributed by atoms with Crippen molar-refractivity contribution in [1.82, 2.24) is 5.32 Å². The molecule has 0 radical (unpaired) electrons. The Morgan fingerprint density at radius 3 is 2.24 bits per heavy atom. The number of benzene rings is 1. The van der Waals surface area contributed by atoms with Crippen LogP contribution in [0.3, 0.4) is 0 Å². The van der Waals surface area contributed by atoms with E-state index in [-0.39, 0.29) is 19.3 Å². The molecule has 0 aromatic heterocycles. The third-order valence-electron chi connectivity index (χ3n) is 2.92. The summed E-state index contributed by atoms with van der Waals surface area (Å²) in [6.07, 6.45) is -0.0161. The summed E-state index contributed by atoms with van der Waals surface area (Å²) in [7, 11) is 0. The van der Waals surface area contributed by atoms with Crippen LogP contribution in [-0.4, -0.2) is 40.1 Å². The van der Waals surface area contributed by atoms with Crippen molar-refractivity contribution in [3.63, 3.8) is 0 Å². The van der Waals surface area contributed by atoms with E-state index in [1.165, 1.54) is 0 Å². The zero-order valence-corrected chi connectivity index (χ0v) is 11.4. The molecule has 7 heteroatoms. The van der Waals surface area contributed by atoms with E-state index in [0.29, 0.717) is 0 Å². The highest BCUT2D eigenvalue weighted by molar-refractivity contribution is 5.84. The Bertz CT molecular complexity index is 503. The highest BCUT2D eigenvalue weighted by atomic mass is 16.4. The van der Waals surface area contributed by atoms with Crippen LogP contribution < -0.4 is 11.1 Å². The largest absolute Gasteiger partial charge is 0.480 e. The van der Waals surface area contributed by atoms with Gasteiger partial charge in [0.1, 0.15) is 12.1 Å². The van der Waals surface area contributed by atoms with E-state index < -0.39 is 29.9 Å². The number of aliphatic carboxylic acids is 2. The Kier molecular flexibility index (Phi) is 6.35. The first-order chi connectivity index (χ1) is 9.90. The molecule has 1 rings (SSSR count). The fourth-order valence-electron chi connectivity index (χ4n) is 1.73. The summed E-state index contributed by atoms with van der Waals surface area (Å²) in [5.74, 6) is -2.87. The van der Waals surface area contributed by atoms with E-state index in [9.17, 15) is 14.4 Å². The van der Waals surface area contributed by atoms with Crippen LogP contribution in [0.5, 0.6) is 0 Å². The Labute approximate surface area is 121 Å². The van der Waals surface area contributed by atoms with Gasteiger partial charge in [0, 0.05) is 12.8 Å². The number of carbonyl (C=O) groups excluding carboxylic acids is 1. The molecular formula is C14H18N2O5. The van der Waals surface area contributed by atoms with Gasteiger partial charge in [-0.25, -0.2) is 4.79 Å². The first-order valence-corrected chi connectivity index (χ1v) is 6.44. The van der Waals surface area contributed by atoms with Crippen LogP contribution in [0.15, 0.2) is 30.3 Å². The molecule has 1 aromatic rings. The fraction of sp³-hybridized carbons (Fsp3) is 0.357. The number of rotatable bonds is 8. The Morgan fingerprint density at radius 2 is 1.71 bits per heavy atom. The molecule has 114 valence electrons. The summed E-state index contributed by atoms with van der Waals surface area (Å²) in [6, 6.07) is 6.72. The second kappa shape index (κ2) is 8.01. The summed E-state index contributed by atoms with van der Waals surface area (Å²) < 4.78 is 0. The molecule has 0 heterocycles. The average molecular weight is 294 g/mol. The van der Waals surface area contributed by atoms with Gasteiger partial charge < -0.3 is 21.3 Å². The van der Waals surface area contributed by atoms with E-state index >= 15 is 0 Å². The van der Waals surface area contributed by atoms with Gasteiger partial charge >= 0.3 is 11.9 Å². The third kappa shape index (κ3) is 6.05. The number of hydrogen-bond donors (Lipinski definition) is 4. The second-order valence-electron chi connectivity index (χ2n) is 4.63. The summed E-state index contributed by atoms with van der Waals surface area (Å²) in [4.78, 5) is 33.3. The van der Waals surface area contributed by atoms with Gasteiger partial charge in [-0.15, -0.1) is 0 Å². The monoisotopic (exact) mass is 294 g/mol. The fourth-order valence-corrected chi connectivity index (χ4v) is 1.73. The molecule has 1 amide bonds. The van der Waals surface area contributed by atoms with Crippen LogP contribution in [-0.2, 0) is 20.8 Å². The molecule has 2 atom stereocenters. The normalized spacial score (nSPS) is 13.2. The van der Waals surface area contributed by atoms with Crippen molar-refractivity contribution in [1.29, 1.82) is 0 Å². The van der Waals surface area contributed by atoms with Crippen LogP contribution >= 0.6 is 0 Å². The smallest absolute Gasteiger partial charge is 0.326 e. The number of nitrogens with two attached hydrogens (primary N) is 1. The SMILES string of the molecule is N[C@@H](CCC(=O)NC(Cc1ccccc1)C(=O)O)C(=O)O. The lowest BCUT2D eigenvalue weighted by molar-refractivity contribution is -0.142. The lowest BCUT2D eigenvalue weighted by Crippen LogP contribution is -2.43. The number of carboxylic acid groups (broad SMARTS) is 2. The lowest BCUT2D eigenvalue weighted by Gasteiger charge is -2.15. The molecule has 0 saturated carbocycles. The van der Waals surface area contributed by atoms with Crippen molar-refractivity contribution in [3.05, 3.63) is 35.9 Å². The summed E-state index contributed by atoms with van der Waals surface area (Å²) in [5, 5.41) is 20.1. The molecule has 0 aliphatic heterocycles. The maximum absolute atomic E-state index is 11.7. The lowest BCUT2D eigenvalue weighted by atomic mass is 10.1. The molecule has 5 N–H and O–H groups in total. The minimum atomic E-state index is -1.19. The zero-order valence-electron chi connectivity index (χ0n) is 11.4. The first kappa shape index (κ1) is 16.6. The molecule has 0 saturated heterocycles. The number of nitrogens with one attached hydrogen (secondary N) is 1. The van der Waals surface area contributed by atoms with Crippen molar-refractivity contribution >= 4 is 17.8 Å². The maximum Gasteiger partial charge on any atom is 0.326 e. The van der Waals surface area contributed by atoms with E-state index in [1.54, 1.807) is 24.3 Å². The second-order valence-corrected chi connectivity index (χ2v) is 4.63. The van der Waals surface area contributed by atoms with Crippen molar-refractivity contribution in [3.8, 4) is 0 Å². The number of carbonyl (C=O) groups is 3. The summed E-state index contributed by atoms with van der Waals surface area (Å²) in [6.45, 7) is 0. The molecule has 7 nitrogen and oxygen atoms in total. The number of hydrogen-bond acceptors (Lipinski definition) is 4. The third-order valence-corrected chi connectivity index (χ3v) is 2.92. The van der Waals surface area contributed by atoms with Gasteiger partial charge in [0.2, 0.25) is 5.91 Å². The molecule has 0 fully saturated rings. The molecule has 0 spiro atoms. The van der Waals surface area contributed by atoms with E-state index in [2.05, 4.69) is 5.32 Å². The van der Waals surface area contributed by atoms with Gasteiger partial charge in [0.05, 0.1) is 0 Å². The van der Waals surface area contributed by atoms with Crippen LogP contribution in [0.25, 0.3) is 0 Å². The molecule has 1 aromatic carbocycles. The van der Waals surface area contributed by atoms with Crippen molar-refractivity contribution < 1.29 is 24.6 Å². The van der Waals surface area contributed by atoms with Gasteiger partial charge in [0.25, 0.3) is 0 Å². The van der Waals surface area contributed by atoms with Crippen LogP contribution in [0.1, 0.15) is 18.4 Å². The number of amides is 1. The van der Waals surface area contributed by atoms with Crippen molar-refractivity contribution in [2.45, 2.75) is 31.3 Å². The summed E-state index contributed by atoms with van der Waals surface area (Å²) >= 11 is 0. The molecule has 1 unspecified atom stereocenters. The van der Waals surface area contributed by atoms with Crippen LogP contribution in [0.4, 0.5) is 0 Å². The predicted octanol–water partition coefficient (Wildman–Crippen LogP) is -0.00940. The minimum absolute atomic E-state index is 0.0428. The quantitative estimate of drug-likeness (QED) is 0.533. The van der Waals surface area contributed by atoms with Gasteiger partial charge in [-0.2, -0.15) is 0 Å². The molecular weight excluding hydrogens is 276 g/mol. The van der Waals surface area contributed by atoms with Gasteiger partial charge in [-0.3, -0.25) is 9.59 Å². The molecule has 0 aliphatic carbocycles. The minimum Gasteiger partial charge on any atom is -0.480 e. The predicted molar refractivity (Wildman–Crippen MR) is 74.6 cm³/mol. The maximum atomic E-state index is 11.7. The average Bonchev–Trinajstić information content (AvgIpc) is 2.44. The Hall–Kier alpha value is -2.41. The standard InChI is InChI=1S/C14H18N2O5/c15-10(13(18)19)6-7-12(17)16-11(14(20)21)8-9-4-2-1-3-5-9/h1-5,10-11H,6-8,15H2,(H,16,17)(H,18,19)(H,20,21)/t10-,11?/m0/s1. The van der Waals surface area contributed by atoms with E-state index in [4.69, 9.17) is 15.9 Å². The van der Waals surface area contributed by atoms with Crippen molar-refractivity contribution in [2.75, 3.05) is 0 Å². The van der Waals surface area contributed by atoms with Crippen LogP contribution in [0, 0.1) is 0 Å². The van der Waals surface area contributed by atoms with E-state index in [1.807, 2.05) is 6.07 Å². The Balaban J connectivity index is 2.53. The van der Waals surface area contributed by atoms with Gasteiger partial charge in [-0.1, -0.05) is 30.3 Å².